The Morgan fingerprint density at radius 3 is 2.35 bits per heavy atom. The summed E-state index contributed by atoms with van der Waals surface area (Å²) in [4.78, 5) is 2.23. The van der Waals surface area contributed by atoms with Gasteiger partial charge in [0, 0.05) is 25.8 Å². The zero-order chi connectivity index (χ0) is 12.1. The molecule has 0 bridgehead atoms. The first kappa shape index (κ1) is 11.7. The van der Waals surface area contributed by atoms with Crippen molar-refractivity contribution in [3.8, 4) is 0 Å². The molecule has 0 aliphatic heterocycles. The van der Waals surface area contributed by atoms with E-state index in [1.54, 1.807) is 0 Å². The van der Waals surface area contributed by atoms with Gasteiger partial charge in [-0.15, -0.1) is 0 Å². The molecule has 0 radical (unpaired) electrons. The van der Waals surface area contributed by atoms with Gasteiger partial charge in [-0.2, -0.15) is 0 Å². The van der Waals surface area contributed by atoms with Crippen molar-refractivity contribution in [2.75, 3.05) is 11.9 Å². The number of anilines is 1. The van der Waals surface area contributed by atoms with Gasteiger partial charge >= 0.3 is 0 Å². The van der Waals surface area contributed by atoms with E-state index in [1.165, 1.54) is 16.8 Å². The van der Waals surface area contributed by atoms with Crippen LogP contribution < -0.4 is 10.6 Å². The van der Waals surface area contributed by atoms with E-state index in [2.05, 4.69) is 60.5 Å². The highest BCUT2D eigenvalue weighted by Gasteiger charge is 2.01. The number of hydrogen-bond donors (Lipinski definition) is 1. The normalized spacial score (nSPS) is 10.2. The van der Waals surface area contributed by atoms with E-state index in [-0.39, 0.29) is 0 Å². The molecule has 0 fully saturated rings. The van der Waals surface area contributed by atoms with Gasteiger partial charge in [0.1, 0.15) is 0 Å². The van der Waals surface area contributed by atoms with Crippen molar-refractivity contribution in [1.29, 1.82) is 0 Å². The molecule has 0 heterocycles. The second-order valence-electron chi connectivity index (χ2n) is 4.22. The van der Waals surface area contributed by atoms with Gasteiger partial charge in [0.05, 0.1) is 0 Å². The van der Waals surface area contributed by atoms with Crippen LogP contribution in [0.2, 0.25) is 0 Å². The molecule has 2 nitrogen and oxygen atoms in total. The van der Waals surface area contributed by atoms with Crippen LogP contribution in [-0.2, 0) is 13.1 Å². The zero-order valence-corrected chi connectivity index (χ0v) is 10.1. The molecule has 0 atom stereocenters. The van der Waals surface area contributed by atoms with Crippen LogP contribution in [0.25, 0.3) is 0 Å². The van der Waals surface area contributed by atoms with E-state index in [4.69, 9.17) is 5.73 Å². The Morgan fingerprint density at radius 2 is 1.65 bits per heavy atom. The van der Waals surface area contributed by atoms with Crippen LogP contribution in [0, 0.1) is 0 Å². The van der Waals surface area contributed by atoms with E-state index < -0.39 is 0 Å². The van der Waals surface area contributed by atoms with Crippen molar-refractivity contribution in [2.24, 2.45) is 5.73 Å². The molecule has 0 amide bonds. The molecule has 17 heavy (non-hydrogen) atoms. The lowest BCUT2D eigenvalue weighted by atomic mass is 10.1. The van der Waals surface area contributed by atoms with Gasteiger partial charge in [-0.05, 0) is 23.3 Å². The number of nitrogens with zero attached hydrogens (tertiary/aromatic N) is 1. The standard InChI is InChI=1S/C15H18N2/c1-17(15-8-3-2-4-9-15)12-14-7-5-6-13(10-14)11-16/h2-10H,11-12,16H2,1H3. The van der Waals surface area contributed by atoms with Gasteiger partial charge in [-0.1, -0.05) is 42.5 Å². The quantitative estimate of drug-likeness (QED) is 0.868. The number of rotatable bonds is 4. The molecule has 0 unspecified atom stereocenters. The Balaban J connectivity index is 2.10. The molecule has 0 aliphatic carbocycles. The highest BCUT2D eigenvalue weighted by molar-refractivity contribution is 5.45. The van der Waals surface area contributed by atoms with Crippen molar-refractivity contribution in [3.05, 3.63) is 65.7 Å². The molecule has 2 N–H and O–H groups in total. The fraction of sp³-hybridized carbons (Fsp3) is 0.200. The Hall–Kier alpha value is -1.80. The summed E-state index contributed by atoms with van der Waals surface area (Å²) in [6.07, 6.45) is 0. The van der Waals surface area contributed by atoms with Gasteiger partial charge in [-0.25, -0.2) is 0 Å². The summed E-state index contributed by atoms with van der Waals surface area (Å²) < 4.78 is 0. The predicted molar refractivity (Wildman–Crippen MR) is 72.9 cm³/mol. The first-order chi connectivity index (χ1) is 8.29. The third-order valence-corrected chi connectivity index (χ3v) is 2.84. The second-order valence-corrected chi connectivity index (χ2v) is 4.22. The van der Waals surface area contributed by atoms with Gasteiger partial charge < -0.3 is 10.6 Å². The minimum atomic E-state index is 0.600. The molecule has 88 valence electrons. The van der Waals surface area contributed by atoms with Crippen molar-refractivity contribution in [2.45, 2.75) is 13.1 Å². The molecule has 2 aromatic carbocycles. The maximum Gasteiger partial charge on any atom is 0.0426 e. The highest BCUT2D eigenvalue weighted by atomic mass is 15.1. The maximum atomic E-state index is 5.65. The van der Waals surface area contributed by atoms with Crippen LogP contribution in [0.1, 0.15) is 11.1 Å². The van der Waals surface area contributed by atoms with E-state index >= 15 is 0 Å². The molecule has 0 spiro atoms. The summed E-state index contributed by atoms with van der Waals surface area (Å²) in [5.74, 6) is 0. The van der Waals surface area contributed by atoms with Crippen LogP contribution >= 0.6 is 0 Å². The Morgan fingerprint density at radius 1 is 0.941 bits per heavy atom. The van der Waals surface area contributed by atoms with Crippen LogP contribution in [0.5, 0.6) is 0 Å². The van der Waals surface area contributed by atoms with Crippen molar-refractivity contribution in [3.63, 3.8) is 0 Å². The summed E-state index contributed by atoms with van der Waals surface area (Å²) in [6, 6.07) is 18.8. The third-order valence-electron chi connectivity index (χ3n) is 2.84. The second kappa shape index (κ2) is 5.51. The average molecular weight is 226 g/mol. The van der Waals surface area contributed by atoms with Crippen molar-refractivity contribution < 1.29 is 0 Å². The highest BCUT2D eigenvalue weighted by Crippen LogP contribution is 2.15. The Bertz CT molecular complexity index is 465. The topological polar surface area (TPSA) is 29.3 Å². The predicted octanol–water partition coefficient (Wildman–Crippen LogP) is 2.78. The lowest BCUT2D eigenvalue weighted by molar-refractivity contribution is 0.917. The van der Waals surface area contributed by atoms with Crippen LogP contribution in [0.15, 0.2) is 54.6 Å². The molecule has 2 aromatic rings. The fourth-order valence-corrected chi connectivity index (χ4v) is 1.90. The monoisotopic (exact) mass is 226 g/mol. The molecular weight excluding hydrogens is 208 g/mol. The van der Waals surface area contributed by atoms with Gasteiger partial charge in [-0.3, -0.25) is 0 Å². The fourth-order valence-electron chi connectivity index (χ4n) is 1.90. The summed E-state index contributed by atoms with van der Waals surface area (Å²) in [5, 5.41) is 0. The van der Waals surface area contributed by atoms with Crippen LogP contribution in [0.4, 0.5) is 5.69 Å². The smallest absolute Gasteiger partial charge is 0.0426 e. The van der Waals surface area contributed by atoms with Gasteiger partial charge in [0.25, 0.3) is 0 Å². The summed E-state index contributed by atoms with van der Waals surface area (Å²) in [7, 11) is 2.10. The Labute approximate surface area is 103 Å². The SMILES string of the molecule is CN(Cc1cccc(CN)c1)c1ccccc1. The summed E-state index contributed by atoms with van der Waals surface area (Å²) in [6.45, 7) is 1.50. The largest absolute Gasteiger partial charge is 0.370 e. The summed E-state index contributed by atoms with van der Waals surface area (Å²) >= 11 is 0. The van der Waals surface area contributed by atoms with Crippen molar-refractivity contribution in [1.82, 2.24) is 0 Å². The van der Waals surface area contributed by atoms with Crippen LogP contribution in [0.3, 0.4) is 0 Å². The number of nitrogens with two attached hydrogens (primary N) is 1. The van der Waals surface area contributed by atoms with E-state index in [1.807, 2.05) is 6.07 Å². The minimum Gasteiger partial charge on any atom is -0.370 e. The van der Waals surface area contributed by atoms with Crippen LogP contribution in [-0.4, -0.2) is 7.05 Å². The molecule has 2 rings (SSSR count). The third kappa shape index (κ3) is 3.08. The maximum absolute atomic E-state index is 5.65. The van der Waals surface area contributed by atoms with E-state index in [9.17, 15) is 0 Å². The molecule has 2 heteroatoms. The van der Waals surface area contributed by atoms with Gasteiger partial charge in [0.15, 0.2) is 0 Å². The lowest BCUT2D eigenvalue weighted by Crippen LogP contribution is -2.16. The average Bonchev–Trinajstić information content (AvgIpc) is 2.40. The van der Waals surface area contributed by atoms with Crippen molar-refractivity contribution >= 4 is 5.69 Å². The molecular formula is C15H18N2. The number of benzene rings is 2. The molecule has 0 saturated heterocycles. The number of hydrogen-bond acceptors (Lipinski definition) is 2. The molecule has 0 aliphatic rings. The first-order valence-corrected chi connectivity index (χ1v) is 5.83. The van der Waals surface area contributed by atoms with Gasteiger partial charge in [0.2, 0.25) is 0 Å². The molecule has 0 aromatic heterocycles. The summed E-state index contributed by atoms with van der Waals surface area (Å²) in [5.41, 5.74) is 9.35. The lowest BCUT2D eigenvalue weighted by Gasteiger charge is -2.19. The van der Waals surface area contributed by atoms with E-state index in [0.717, 1.165) is 6.54 Å². The first-order valence-electron chi connectivity index (χ1n) is 5.83. The Kier molecular flexibility index (Phi) is 3.78. The van der Waals surface area contributed by atoms with E-state index in [0.29, 0.717) is 6.54 Å². The molecule has 0 saturated carbocycles. The number of para-hydroxylation sites is 1. The minimum absolute atomic E-state index is 0.600. The zero-order valence-electron chi connectivity index (χ0n) is 10.1.